The number of amides is 2. The predicted molar refractivity (Wildman–Crippen MR) is 112 cm³/mol. The number of urea groups is 1. The number of anilines is 1. The van der Waals surface area contributed by atoms with E-state index >= 15 is 0 Å². The summed E-state index contributed by atoms with van der Waals surface area (Å²) in [6.45, 7) is 12.6. The van der Waals surface area contributed by atoms with Gasteiger partial charge in [0.1, 0.15) is 0 Å². The van der Waals surface area contributed by atoms with Crippen molar-refractivity contribution in [3.63, 3.8) is 0 Å². The van der Waals surface area contributed by atoms with Gasteiger partial charge in [0, 0.05) is 38.4 Å². The lowest BCUT2D eigenvalue weighted by atomic mass is 9.87. The molecule has 1 heterocycles. The molecule has 27 heavy (non-hydrogen) atoms. The molecule has 144 valence electrons. The Morgan fingerprint density at radius 3 is 2.07 bits per heavy atom. The Bertz CT molecular complexity index is 752. The maximum absolute atomic E-state index is 12.4. The molecule has 0 radical (unpaired) electrons. The first-order chi connectivity index (χ1) is 12.8. The number of nitrogens with one attached hydrogen (secondary N) is 1. The Morgan fingerprint density at radius 1 is 0.926 bits per heavy atom. The molecule has 0 atom stereocenters. The van der Waals surface area contributed by atoms with Crippen molar-refractivity contribution in [2.45, 2.75) is 39.7 Å². The van der Waals surface area contributed by atoms with Gasteiger partial charge < -0.3 is 15.1 Å². The van der Waals surface area contributed by atoms with Gasteiger partial charge in [0.05, 0.1) is 0 Å². The van der Waals surface area contributed by atoms with Gasteiger partial charge >= 0.3 is 6.03 Å². The number of carbonyl (C=O) groups is 1. The molecule has 0 spiro atoms. The van der Waals surface area contributed by atoms with E-state index in [1.54, 1.807) is 0 Å². The van der Waals surface area contributed by atoms with E-state index in [2.05, 4.69) is 86.4 Å². The van der Waals surface area contributed by atoms with Crippen molar-refractivity contribution < 1.29 is 4.79 Å². The molecular weight excluding hydrogens is 334 g/mol. The average Bonchev–Trinajstić information content (AvgIpc) is 2.67. The summed E-state index contributed by atoms with van der Waals surface area (Å²) in [5.74, 6) is 0. The van der Waals surface area contributed by atoms with Crippen molar-refractivity contribution in [3.05, 3.63) is 65.2 Å². The van der Waals surface area contributed by atoms with E-state index in [9.17, 15) is 4.79 Å². The summed E-state index contributed by atoms with van der Waals surface area (Å²) in [5, 5.41) is 3.04. The second-order valence-electron chi connectivity index (χ2n) is 8.42. The van der Waals surface area contributed by atoms with E-state index in [0.717, 1.165) is 31.7 Å². The van der Waals surface area contributed by atoms with Gasteiger partial charge in [0.2, 0.25) is 0 Å². The lowest BCUT2D eigenvalue weighted by Crippen LogP contribution is -2.51. The summed E-state index contributed by atoms with van der Waals surface area (Å²) in [4.78, 5) is 16.7. The van der Waals surface area contributed by atoms with E-state index in [1.165, 1.54) is 16.8 Å². The lowest BCUT2D eigenvalue weighted by molar-refractivity contribution is 0.194. The Balaban J connectivity index is 1.49. The van der Waals surface area contributed by atoms with Crippen molar-refractivity contribution in [1.82, 2.24) is 10.2 Å². The Hall–Kier alpha value is -2.49. The van der Waals surface area contributed by atoms with E-state index < -0.39 is 0 Å². The van der Waals surface area contributed by atoms with Crippen LogP contribution in [0.3, 0.4) is 0 Å². The number of nitrogens with zero attached hydrogens (tertiary/aromatic N) is 2. The van der Waals surface area contributed by atoms with Gasteiger partial charge in [-0.15, -0.1) is 0 Å². The van der Waals surface area contributed by atoms with Crippen molar-refractivity contribution >= 4 is 11.7 Å². The molecule has 1 saturated heterocycles. The fraction of sp³-hybridized carbons (Fsp3) is 0.435. The molecule has 0 aliphatic carbocycles. The maximum Gasteiger partial charge on any atom is 0.317 e. The molecule has 0 unspecified atom stereocenters. The SMILES string of the molecule is Cc1ccc(CNC(=O)N2CCN(c3ccc(C(C)(C)C)cc3)CC2)cc1. The van der Waals surface area contributed by atoms with Crippen LogP contribution in [0.25, 0.3) is 0 Å². The van der Waals surface area contributed by atoms with Crippen LogP contribution in [-0.2, 0) is 12.0 Å². The van der Waals surface area contributed by atoms with Crippen LogP contribution in [0.4, 0.5) is 10.5 Å². The molecule has 0 saturated carbocycles. The summed E-state index contributed by atoms with van der Waals surface area (Å²) >= 11 is 0. The normalized spacial score (nSPS) is 15.0. The minimum absolute atomic E-state index is 0.0262. The van der Waals surface area contributed by atoms with Gasteiger partial charge in [0.15, 0.2) is 0 Å². The maximum atomic E-state index is 12.4. The number of rotatable bonds is 3. The highest BCUT2D eigenvalue weighted by Gasteiger charge is 2.21. The number of aryl methyl sites for hydroxylation is 1. The number of benzene rings is 2. The van der Waals surface area contributed by atoms with Crippen molar-refractivity contribution in [3.8, 4) is 0 Å². The van der Waals surface area contributed by atoms with Crippen LogP contribution in [0.5, 0.6) is 0 Å². The van der Waals surface area contributed by atoms with Crippen molar-refractivity contribution in [2.24, 2.45) is 0 Å². The van der Waals surface area contributed by atoms with Gasteiger partial charge in [-0.25, -0.2) is 4.79 Å². The monoisotopic (exact) mass is 365 g/mol. The zero-order valence-electron chi connectivity index (χ0n) is 17.0. The summed E-state index contributed by atoms with van der Waals surface area (Å²) in [6.07, 6.45) is 0. The second-order valence-corrected chi connectivity index (χ2v) is 8.42. The van der Waals surface area contributed by atoms with Crippen molar-refractivity contribution in [1.29, 1.82) is 0 Å². The van der Waals surface area contributed by atoms with E-state index in [-0.39, 0.29) is 11.4 Å². The molecule has 0 bridgehead atoms. The molecule has 3 rings (SSSR count). The number of piperazine rings is 1. The largest absolute Gasteiger partial charge is 0.368 e. The van der Waals surface area contributed by atoms with Gasteiger partial charge in [-0.2, -0.15) is 0 Å². The number of carbonyl (C=O) groups excluding carboxylic acids is 1. The first-order valence-electron chi connectivity index (χ1n) is 9.77. The quantitative estimate of drug-likeness (QED) is 0.879. The number of hydrogen-bond donors (Lipinski definition) is 1. The Morgan fingerprint density at radius 2 is 1.52 bits per heavy atom. The van der Waals surface area contributed by atoms with E-state index in [1.807, 2.05) is 4.90 Å². The molecule has 2 aromatic carbocycles. The fourth-order valence-electron chi connectivity index (χ4n) is 3.34. The molecule has 4 heteroatoms. The summed E-state index contributed by atoms with van der Waals surface area (Å²) in [7, 11) is 0. The fourth-order valence-corrected chi connectivity index (χ4v) is 3.34. The van der Waals surface area contributed by atoms with Crippen LogP contribution < -0.4 is 10.2 Å². The van der Waals surface area contributed by atoms with E-state index in [0.29, 0.717) is 6.54 Å². The van der Waals surface area contributed by atoms with Crippen LogP contribution >= 0.6 is 0 Å². The molecular formula is C23H31N3O. The third-order valence-corrected chi connectivity index (χ3v) is 5.23. The van der Waals surface area contributed by atoms with Crippen molar-refractivity contribution in [2.75, 3.05) is 31.1 Å². The van der Waals surface area contributed by atoms with Crippen LogP contribution in [0.2, 0.25) is 0 Å². The third-order valence-electron chi connectivity index (χ3n) is 5.23. The molecule has 0 aromatic heterocycles. The Labute approximate surface area is 163 Å². The van der Waals surface area contributed by atoms with E-state index in [4.69, 9.17) is 0 Å². The van der Waals surface area contributed by atoms with Crippen LogP contribution in [0.1, 0.15) is 37.5 Å². The summed E-state index contributed by atoms with van der Waals surface area (Å²) in [6, 6.07) is 17.1. The molecule has 1 aliphatic rings. The highest BCUT2D eigenvalue weighted by molar-refractivity contribution is 5.74. The molecule has 1 fully saturated rings. The standard InChI is InChI=1S/C23H31N3O/c1-18-5-7-19(8-6-18)17-24-22(27)26-15-13-25(14-16-26)21-11-9-20(10-12-21)23(2,3)4/h5-12H,13-17H2,1-4H3,(H,24,27). The topological polar surface area (TPSA) is 35.6 Å². The highest BCUT2D eigenvalue weighted by Crippen LogP contribution is 2.25. The summed E-state index contributed by atoms with van der Waals surface area (Å²) < 4.78 is 0. The molecule has 2 amide bonds. The Kier molecular flexibility index (Phi) is 5.73. The van der Waals surface area contributed by atoms with Crippen LogP contribution in [-0.4, -0.2) is 37.1 Å². The second kappa shape index (κ2) is 8.03. The third kappa shape index (κ3) is 5.03. The number of hydrogen-bond acceptors (Lipinski definition) is 2. The minimum atomic E-state index is 0.0262. The first kappa shape index (κ1) is 19.3. The molecule has 1 aliphatic heterocycles. The smallest absolute Gasteiger partial charge is 0.317 e. The zero-order chi connectivity index (χ0) is 19.4. The summed E-state index contributed by atoms with van der Waals surface area (Å²) in [5.41, 5.74) is 5.12. The zero-order valence-corrected chi connectivity index (χ0v) is 17.0. The van der Waals surface area contributed by atoms with Gasteiger partial charge in [-0.1, -0.05) is 62.7 Å². The van der Waals surface area contributed by atoms with Crippen LogP contribution in [0.15, 0.2) is 48.5 Å². The van der Waals surface area contributed by atoms with Crippen LogP contribution in [0, 0.1) is 6.92 Å². The highest BCUT2D eigenvalue weighted by atomic mass is 16.2. The predicted octanol–water partition coefficient (Wildman–Crippen LogP) is 4.32. The van der Waals surface area contributed by atoms with Gasteiger partial charge in [0.25, 0.3) is 0 Å². The lowest BCUT2D eigenvalue weighted by Gasteiger charge is -2.36. The first-order valence-corrected chi connectivity index (χ1v) is 9.77. The average molecular weight is 366 g/mol. The molecule has 1 N–H and O–H groups in total. The molecule has 2 aromatic rings. The van der Waals surface area contributed by atoms with Gasteiger partial charge in [-0.3, -0.25) is 0 Å². The minimum Gasteiger partial charge on any atom is -0.368 e. The van der Waals surface area contributed by atoms with Gasteiger partial charge in [-0.05, 0) is 35.6 Å². The molecule has 4 nitrogen and oxygen atoms in total.